The average Bonchev–Trinajstić information content (AvgIpc) is 2.52. The monoisotopic (exact) mass is 259 g/mol. The second kappa shape index (κ2) is 4.20. The number of carboxylic acid groups (broad SMARTS) is 2. The van der Waals surface area contributed by atoms with Crippen molar-refractivity contribution < 1.29 is 29.0 Å². The molecule has 1 rings (SSSR count). The molecule has 0 saturated carbocycles. The van der Waals surface area contributed by atoms with Crippen LogP contribution in [0.5, 0.6) is 0 Å². The van der Waals surface area contributed by atoms with Crippen molar-refractivity contribution in [1.29, 1.82) is 0 Å². The number of quaternary nitrogens is 1. The summed E-state index contributed by atoms with van der Waals surface area (Å²) in [5, 5.41) is 21.2. The van der Waals surface area contributed by atoms with Crippen LogP contribution in [-0.2, 0) is 9.53 Å². The summed E-state index contributed by atoms with van der Waals surface area (Å²) in [5.74, 6) is -1.14. The van der Waals surface area contributed by atoms with Crippen LogP contribution in [0.1, 0.15) is 40.5 Å². The second-order valence-corrected chi connectivity index (χ2v) is 5.97. The zero-order chi connectivity index (χ0) is 14.4. The van der Waals surface area contributed by atoms with Crippen LogP contribution in [0.25, 0.3) is 0 Å². The van der Waals surface area contributed by atoms with Gasteiger partial charge in [-0.15, -0.1) is 0 Å². The second-order valence-electron chi connectivity index (χ2n) is 5.97. The lowest BCUT2D eigenvalue weighted by atomic mass is 9.90. The van der Waals surface area contributed by atoms with Crippen LogP contribution in [0.2, 0.25) is 0 Å². The highest BCUT2D eigenvalue weighted by Crippen LogP contribution is 2.48. The molecule has 3 unspecified atom stereocenters. The number of hydrogen-bond acceptors (Lipinski definition) is 4. The van der Waals surface area contributed by atoms with Crippen molar-refractivity contribution in [1.82, 2.24) is 0 Å². The number of ether oxygens (including phenoxy) is 1. The predicted molar refractivity (Wildman–Crippen MR) is 61.5 cm³/mol. The van der Waals surface area contributed by atoms with Crippen molar-refractivity contribution in [3.63, 3.8) is 0 Å². The number of amides is 1. The van der Waals surface area contributed by atoms with Crippen molar-refractivity contribution in [3.8, 4) is 0 Å². The molecular weight excluding hydrogens is 238 g/mol. The van der Waals surface area contributed by atoms with E-state index in [0.717, 1.165) is 0 Å². The molecule has 0 bridgehead atoms. The topological polar surface area (TPSA) is 86.7 Å². The van der Waals surface area contributed by atoms with E-state index in [0.29, 0.717) is 6.42 Å². The molecule has 1 amide bonds. The molecule has 0 radical (unpaired) electrons. The molecular formula is C12H21NO5. The van der Waals surface area contributed by atoms with Gasteiger partial charge in [-0.05, 0) is 20.8 Å². The number of carbonyl (C=O) groups excluding carboxylic acids is 1. The number of aliphatic carboxylic acids is 1. The average molecular weight is 259 g/mol. The molecule has 1 N–H and O–H groups in total. The minimum absolute atomic E-state index is 0.242. The Morgan fingerprint density at radius 1 is 1.44 bits per heavy atom. The van der Waals surface area contributed by atoms with Crippen molar-refractivity contribution >= 4 is 12.1 Å². The number of hydrogen-bond donors (Lipinski definition) is 1. The molecule has 0 aromatic rings. The van der Waals surface area contributed by atoms with Crippen LogP contribution in [0.3, 0.4) is 0 Å². The maximum atomic E-state index is 11.8. The van der Waals surface area contributed by atoms with Crippen LogP contribution >= 0.6 is 0 Å². The summed E-state index contributed by atoms with van der Waals surface area (Å²) in [6.45, 7) is 6.54. The first-order valence-corrected chi connectivity index (χ1v) is 5.92. The van der Waals surface area contributed by atoms with Crippen LogP contribution in [0, 0.1) is 0 Å². The SMILES string of the molecule is COC1CCC(C)(C(=O)O)[N+]1(C(=O)[O-])C(C)(C)C. The van der Waals surface area contributed by atoms with E-state index in [1.54, 1.807) is 20.8 Å². The van der Waals surface area contributed by atoms with E-state index in [1.807, 2.05) is 0 Å². The Hall–Kier alpha value is -1.14. The van der Waals surface area contributed by atoms with E-state index < -0.39 is 33.9 Å². The number of methoxy groups -OCH3 is 1. The van der Waals surface area contributed by atoms with E-state index >= 15 is 0 Å². The lowest BCUT2D eigenvalue weighted by molar-refractivity contribution is -0.980. The van der Waals surface area contributed by atoms with Gasteiger partial charge in [0.15, 0.2) is 6.23 Å². The van der Waals surface area contributed by atoms with Gasteiger partial charge in [-0.2, -0.15) is 0 Å². The quantitative estimate of drug-likeness (QED) is 0.732. The molecule has 1 heterocycles. The zero-order valence-corrected chi connectivity index (χ0v) is 11.5. The molecule has 1 saturated heterocycles. The van der Waals surface area contributed by atoms with Crippen molar-refractivity contribution in [3.05, 3.63) is 0 Å². The number of rotatable bonds is 2. The molecule has 1 aliphatic rings. The van der Waals surface area contributed by atoms with Gasteiger partial charge in [-0.3, -0.25) is 0 Å². The van der Waals surface area contributed by atoms with Gasteiger partial charge in [0.1, 0.15) is 0 Å². The molecule has 3 atom stereocenters. The number of nitrogens with zero attached hydrogens (tertiary/aromatic N) is 1. The van der Waals surface area contributed by atoms with Gasteiger partial charge in [-0.1, -0.05) is 0 Å². The van der Waals surface area contributed by atoms with Gasteiger partial charge in [-0.25, -0.2) is 9.28 Å². The minimum Gasteiger partial charge on any atom is -0.498 e. The fourth-order valence-corrected chi connectivity index (χ4v) is 3.39. The highest BCUT2D eigenvalue weighted by molar-refractivity contribution is 5.79. The summed E-state index contributed by atoms with van der Waals surface area (Å²) < 4.78 is 4.53. The molecule has 18 heavy (non-hydrogen) atoms. The van der Waals surface area contributed by atoms with Crippen LogP contribution in [0.4, 0.5) is 4.79 Å². The molecule has 0 spiro atoms. The Labute approximate surface area is 107 Å². The molecule has 0 aromatic carbocycles. The standard InChI is InChI=1S/C12H21NO5/c1-11(2,3)13(10(16)17)8(18-5)6-7-12(13,4)9(14)15/h8H,6-7H2,1-5H3,(H-,14,15,16,17). The maximum absolute atomic E-state index is 11.8. The van der Waals surface area contributed by atoms with Gasteiger partial charge < -0.3 is 19.7 Å². The van der Waals surface area contributed by atoms with Crippen LogP contribution < -0.4 is 5.11 Å². The highest BCUT2D eigenvalue weighted by atomic mass is 16.5. The highest BCUT2D eigenvalue weighted by Gasteiger charge is 2.69. The fraction of sp³-hybridized carbons (Fsp3) is 0.833. The summed E-state index contributed by atoms with van der Waals surface area (Å²) >= 11 is 0. The Balaban J connectivity index is 3.58. The van der Waals surface area contributed by atoms with Crippen LogP contribution in [0.15, 0.2) is 0 Å². The van der Waals surface area contributed by atoms with E-state index in [4.69, 9.17) is 4.74 Å². The summed E-state index contributed by atoms with van der Waals surface area (Å²) in [7, 11) is 1.40. The van der Waals surface area contributed by atoms with E-state index in [2.05, 4.69) is 0 Å². The Morgan fingerprint density at radius 3 is 2.22 bits per heavy atom. The van der Waals surface area contributed by atoms with Gasteiger partial charge >= 0.3 is 5.97 Å². The third-order valence-electron chi connectivity index (χ3n) is 4.17. The summed E-state index contributed by atoms with van der Waals surface area (Å²) in [6, 6.07) is 0. The summed E-state index contributed by atoms with van der Waals surface area (Å²) in [4.78, 5) is 23.4. The lowest BCUT2D eigenvalue weighted by Gasteiger charge is -2.54. The van der Waals surface area contributed by atoms with Crippen molar-refractivity contribution in [2.24, 2.45) is 0 Å². The Kier molecular flexibility index (Phi) is 3.49. The first kappa shape index (κ1) is 14.9. The molecule has 104 valence electrons. The van der Waals surface area contributed by atoms with Gasteiger partial charge in [0.2, 0.25) is 5.54 Å². The summed E-state index contributed by atoms with van der Waals surface area (Å²) in [6.07, 6.45) is -1.50. The zero-order valence-electron chi connectivity index (χ0n) is 11.5. The molecule has 6 heteroatoms. The van der Waals surface area contributed by atoms with E-state index in [1.165, 1.54) is 14.0 Å². The van der Waals surface area contributed by atoms with E-state index in [-0.39, 0.29) is 6.42 Å². The third kappa shape index (κ3) is 1.55. The molecule has 1 fully saturated rings. The molecule has 6 nitrogen and oxygen atoms in total. The van der Waals surface area contributed by atoms with Crippen molar-refractivity contribution in [2.45, 2.75) is 57.8 Å². The maximum Gasteiger partial charge on any atom is 0.366 e. The van der Waals surface area contributed by atoms with E-state index in [9.17, 15) is 19.8 Å². The normalized spacial score (nSPS) is 36.6. The summed E-state index contributed by atoms with van der Waals surface area (Å²) in [5.41, 5.74) is -2.29. The third-order valence-corrected chi connectivity index (χ3v) is 4.17. The smallest absolute Gasteiger partial charge is 0.366 e. The molecule has 0 aromatic heterocycles. The molecule has 1 aliphatic heterocycles. The number of likely N-dealkylation sites (tertiary alicyclic amines) is 1. The van der Waals surface area contributed by atoms with Gasteiger partial charge in [0.05, 0.1) is 5.54 Å². The predicted octanol–water partition coefficient (Wildman–Crippen LogP) is 0.555. The van der Waals surface area contributed by atoms with Crippen LogP contribution in [-0.4, -0.2) is 46.1 Å². The number of carbonyl (C=O) groups is 2. The largest absolute Gasteiger partial charge is 0.498 e. The Bertz CT molecular complexity index is 375. The Morgan fingerprint density at radius 2 is 1.94 bits per heavy atom. The van der Waals surface area contributed by atoms with Gasteiger partial charge in [0, 0.05) is 26.9 Å². The van der Waals surface area contributed by atoms with Crippen molar-refractivity contribution in [2.75, 3.05) is 7.11 Å². The first-order chi connectivity index (χ1) is 8.05. The fourth-order valence-electron chi connectivity index (χ4n) is 3.39. The molecule has 0 aliphatic carbocycles. The first-order valence-electron chi connectivity index (χ1n) is 5.92. The number of carboxylic acids is 1. The lowest BCUT2D eigenvalue weighted by Crippen LogP contribution is -2.79. The van der Waals surface area contributed by atoms with Gasteiger partial charge in [0.25, 0.3) is 6.09 Å². The minimum atomic E-state index is -1.45.